The summed E-state index contributed by atoms with van der Waals surface area (Å²) in [6, 6.07) is 14.1. The number of hydrogen-bond donors (Lipinski definition) is 1. The van der Waals surface area contributed by atoms with Crippen LogP contribution in [0.2, 0.25) is 0 Å². The van der Waals surface area contributed by atoms with E-state index in [0.29, 0.717) is 24.5 Å². The van der Waals surface area contributed by atoms with Gasteiger partial charge in [-0.15, -0.1) is 11.8 Å². The molecular weight excluding hydrogens is 325 g/mol. The van der Waals surface area contributed by atoms with Gasteiger partial charge in [-0.05, 0) is 42.5 Å². The third-order valence-corrected chi connectivity index (χ3v) is 5.02. The lowest BCUT2D eigenvalue weighted by molar-refractivity contribution is -0.128. The van der Waals surface area contributed by atoms with Crippen LogP contribution in [0, 0.1) is 5.82 Å². The van der Waals surface area contributed by atoms with Crippen molar-refractivity contribution < 1.29 is 9.18 Å². The number of carbonyl (C=O) groups is 1. The van der Waals surface area contributed by atoms with Gasteiger partial charge in [0.2, 0.25) is 5.91 Å². The molecule has 126 valence electrons. The van der Waals surface area contributed by atoms with Gasteiger partial charge in [-0.2, -0.15) is 0 Å². The molecule has 1 fully saturated rings. The quantitative estimate of drug-likeness (QED) is 0.684. The Morgan fingerprint density at radius 1 is 1.08 bits per heavy atom. The first-order valence-electron chi connectivity index (χ1n) is 7.88. The first-order valence-corrected chi connectivity index (χ1v) is 8.87. The van der Waals surface area contributed by atoms with Crippen molar-refractivity contribution in [2.45, 2.75) is 4.90 Å². The predicted molar refractivity (Wildman–Crippen MR) is 96.8 cm³/mol. The van der Waals surface area contributed by atoms with Crippen LogP contribution in [0.5, 0.6) is 0 Å². The van der Waals surface area contributed by atoms with E-state index in [-0.39, 0.29) is 11.7 Å². The highest BCUT2D eigenvalue weighted by Gasteiger charge is 2.21. The molecule has 0 radical (unpaired) electrons. The highest BCUT2D eigenvalue weighted by atomic mass is 32.2. The van der Waals surface area contributed by atoms with Crippen LogP contribution < -0.4 is 10.6 Å². The SMILES string of the molecule is Nc1cccc(SCC(=O)N2CCN(c3ccc(F)cc3)CC2)c1. The maximum atomic E-state index is 13.0. The van der Waals surface area contributed by atoms with Gasteiger partial charge in [0.05, 0.1) is 5.75 Å². The Morgan fingerprint density at radius 2 is 1.79 bits per heavy atom. The van der Waals surface area contributed by atoms with Crippen LogP contribution in [0.3, 0.4) is 0 Å². The molecule has 24 heavy (non-hydrogen) atoms. The highest BCUT2D eigenvalue weighted by Crippen LogP contribution is 2.21. The normalized spacial score (nSPS) is 14.7. The Labute approximate surface area is 145 Å². The largest absolute Gasteiger partial charge is 0.399 e. The lowest BCUT2D eigenvalue weighted by atomic mass is 10.2. The van der Waals surface area contributed by atoms with Crippen molar-refractivity contribution in [1.82, 2.24) is 4.90 Å². The molecule has 0 unspecified atom stereocenters. The van der Waals surface area contributed by atoms with Crippen molar-refractivity contribution in [2.24, 2.45) is 0 Å². The summed E-state index contributed by atoms with van der Waals surface area (Å²) in [5.74, 6) is 0.326. The van der Waals surface area contributed by atoms with Gasteiger partial charge in [-0.25, -0.2) is 4.39 Å². The van der Waals surface area contributed by atoms with E-state index >= 15 is 0 Å². The number of nitrogens with zero attached hydrogens (tertiary/aromatic N) is 2. The fourth-order valence-electron chi connectivity index (χ4n) is 2.71. The number of nitrogens with two attached hydrogens (primary N) is 1. The summed E-state index contributed by atoms with van der Waals surface area (Å²) in [7, 11) is 0. The van der Waals surface area contributed by atoms with Crippen LogP contribution in [0.25, 0.3) is 0 Å². The molecule has 1 saturated heterocycles. The fourth-order valence-corrected chi connectivity index (χ4v) is 3.57. The minimum Gasteiger partial charge on any atom is -0.399 e. The molecule has 0 spiro atoms. The molecule has 6 heteroatoms. The molecule has 2 aromatic carbocycles. The van der Waals surface area contributed by atoms with E-state index in [0.717, 1.165) is 23.7 Å². The summed E-state index contributed by atoms with van der Waals surface area (Å²) >= 11 is 1.51. The fraction of sp³-hybridized carbons (Fsp3) is 0.278. The molecule has 0 atom stereocenters. The van der Waals surface area contributed by atoms with Crippen molar-refractivity contribution in [3.63, 3.8) is 0 Å². The number of halogens is 1. The minimum atomic E-state index is -0.230. The lowest BCUT2D eigenvalue weighted by Crippen LogP contribution is -2.49. The number of amides is 1. The maximum absolute atomic E-state index is 13.0. The summed E-state index contributed by atoms with van der Waals surface area (Å²) in [5, 5.41) is 0. The van der Waals surface area contributed by atoms with E-state index in [1.165, 1.54) is 23.9 Å². The second kappa shape index (κ2) is 7.57. The number of piperazine rings is 1. The van der Waals surface area contributed by atoms with Gasteiger partial charge in [-0.3, -0.25) is 4.79 Å². The van der Waals surface area contributed by atoms with Crippen LogP contribution >= 0.6 is 11.8 Å². The standard InChI is InChI=1S/C18H20FN3OS/c19-14-4-6-16(7-5-14)21-8-10-22(11-9-21)18(23)13-24-17-3-1-2-15(20)12-17/h1-7,12H,8-11,13,20H2. The first-order chi connectivity index (χ1) is 11.6. The number of nitrogen functional groups attached to an aromatic ring is 1. The molecule has 0 saturated carbocycles. The summed E-state index contributed by atoms with van der Waals surface area (Å²) in [6.45, 7) is 2.90. The summed E-state index contributed by atoms with van der Waals surface area (Å²) in [4.78, 5) is 17.4. The van der Waals surface area contributed by atoms with Gasteiger partial charge in [0, 0.05) is 42.4 Å². The van der Waals surface area contributed by atoms with Crippen LogP contribution in [-0.4, -0.2) is 42.7 Å². The Kier molecular flexibility index (Phi) is 5.25. The third-order valence-electron chi connectivity index (χ3n) is 4.04. The van der Waals surface area contributed by atoms with Crippen molar-refractivity contribution in [3.8, 4) is 0 Å². The van der Waals surface area contributed by atoms with Gasteiger partial charge in [0.25, 0.3) is 0 Å². The highest BCUT2D eigenvalue weighted by molar-refractivity contribution is 8.00. The first kappa shape index (κ1) is 16.6. The third kappa shape index (κ3) is 4.20. The summed E-state index contributed by atoms with van der Waals surface area (Å²) in [6.07, 6.45) is 0. The van der Waals surface area contributed by atoms with Crippen LogP contribution in [-0.2, 0) is 4.79 Å². The second-order valence-electron chi connectivity index (χ2n) is 5.71. The number of anilines is 2. The zero-order valence-corrected chi connectivity index (χ0v) is 14.1. The Hall–Kier alpha value is -2.21. The van der Waals surface area contributed by atoms with Gasteiger partial charge in [0.1, 0.15) is 5.82 Å². The topological polar surface area (TPSA) is 49.6 Å². The molecular formula is C18H20FN3OS. The number of hydrogen-bond acceptors (Lipinski definition) is 4. The van der Waals surface area contributed by atoms with Crippen molar-refractivity contribution in [3.05, 3.63) is 54.3 Å². The Morgan fingerprint density at radius 3 is 2.46 bits per heavy atom. The predicted octanol–water partition coefficient (Wildman–Crippen LogP) is 2.85. The molecule has 4 nitrogen and oxygen atoms in total. The Balaban J connectivity index is 1.49. The zero-order chi connectivity index (χ0) is 16.9. The zero-order valence-electron chi connectivity index (χ0n) is 13.3. The van der Waals surface area contributed by atoms with E-state index in [1.54, 1.807) is 12.1 Å². The molecule has 1 aliphatic heterocycles. The monoisotopic (exact) mass is 345 g/mol. The molecule has 0 aliphatic carbocycles. The maximum Gasteiger partial charge on any atom is 0.233 e. The number of rotatable bonds is 4. The van der Waals surface area contributed by atoms with E-state index in [2.05, 4.69) is 4.90 Å². The van der Waals surface area contributed by atoms with Crippen molar-refractivity contribution in [2.75, 3.05) is 42.6 Å². The summed E-state index contributed by atoms with van der Waals surface area (Å²) in [5.41, 5.74) is 7.46. The van der Waals surface area contributed by atoms with E-state index < -0.39 is 0 Å². The second-order valence-corrected chi connectivity index (χ2v) is 6.75. The average molecular weight is 345 g/mol. The molecule has 1 amide bonds. The molecule has 0 bridgehead atoms. The van der Waals surface area contributed by atoms with Gasteiger partial charge in [-0.1, -0.05) is 6.07 Å². The van der Waals surface area contributed by atoms with Crippen LogP contribution in [0.4, 0.5) is 15.8 Å². The van der Waals surface area contributed by atoms with Crippen molar-refractivity contribution in [1.29, 1.82) is 0 Å². The lowest BCUT2D eigenvalue weighted by Gasteiger charge is -2.36. The van der Waals surface area contributed by atoms with Crippen LogP contribution in [0.15, 0.2) is 53.4 Å². The average Bonchev–Trinajstić information content (AvgIpc) is 2.61. The molecule has 0 aromatic heterocycles. The van der Waals surface area contributed by atoms with E-state index in [1.807, 2.05) is 29.2 Å². The van der Waals surface area contributed by atoms with Gasteiger partial charge in [0.15, 0.2) is 0 Å². The number of thioether (sulfide) groups is 1. The minimum absolute atomic E-state index is 0.140. The van der Waals surface area contributed by atoms with E-state index in [4.69, 9.17) is 5.73 Å². The molecule has 1 heterocycles. The number of benzene rings is 2. The molecule has 3 rings (SSSR count). The van der Waals surface area contributed by atoms with Gasteiger partial charge < -0.3 is 15.5 Å². The summed E-state index contributed by atoms with van der Waals surface area (Å²) < 4.78 is 13.0. The molecule has 2 N–H and O–H groups in total. The van der Waals surface area contributed by atoms with E-state index in [9.17, 15) is 9.18 Å². The smallest absolute Gasteiger partial charge is 0.233 e. The molecule has 2 aromatic rings. The molecule has 1 aliphatic rings. The van der Waals surface area contributed by atoms with Crippen LogP contribution in [0.1, 0.15) is 0 Å². The van der Waals surface area contributed by atoms with Gasteiger partial charge >= 0.3 is 0 Å². The Bertz CT molecular complexity index is 700. The number of carbonyl (C=O) groups excluding carboxylic acids is 1. The van der Waals surface area contributed by atoms with Crippen molar-refractivity contribution >= 4 is 29.0 Å².